The summed E-state index contributed by atoms with van der Waals surface area (Å²) in [6, 6.07) is 4.98. The van der Waals surface area contributed by atoms with E-state index in [9.17, 15) is 0 Å². The van der Waals surface area contributed by atoms with E-state index in [0.717, 1.165) is 43.6 Å². The zero-order chi connectivity index (χ0) is 13.5. The molecule has 0 atom stereocenters. The van der Waals surface area contributed by atoms with E-state index >= 15 is 0 Å². The Balaban J connectivity index is 1.78. The van der Waals surface area contributed by atoms with Gasteiger partial charge >= 0.3 is 0 Å². The summed E-state index contributed by atoms with van der Waals surface area (Å²) < 4.78 is 5.89. The minimum Gasteiger partial charge on any atom is -0.463 e. The lowest BCUT2D eigenvalue weighted by Gasteiger charge is -2.30. The molecule has 1 saturated carbocycles. The van der Waals surface area contributed by atoms with Gasteiger partial charge in [0.15, 0.2) is 0 Å². The molecule has 0 unspecified atom stereocenters. The van der Waals surface area contributed by atoms with Crippen LogP contribution in [0.4, 0.5) is 0 Å². The minimum atomic E-state index is 0.750. The highest BCUT2D eigenvalue weighted by Gasteiger charge is 2.18. The van der Waals surface area contributed by atoms with Crippen LogP contribution in [0.2, 0.25) is 0 Å². The van der Waals surface area contributed by atoms with Gasteiger partial charge in [-0.3, -0.25) is 4.90 Å². The molecule has 0 radical (unpaired) electrons. The first-order valence-corrected chi connectivity index (χ1v) is 7.78. The van der Waals surface area contributed by atoms with Gasteiger partial charge in [0.25, 0.3) is 0 Å². The summed E-state index contributed by atoms with van der Waals surface area (Å²) in [7, 11) is 2.23. The van der Waals surface area contributed by atoms with Crippen LogP contribution in [-0.4, -0.2) is 24.5 Å². The Labute approximate surface area is 117 Å². The molecule has 1 aromatic heterocycles. The van der Waals surface area contributed by atoms with Crippen LogP contribution in [-0.2, 0) is 13.1 Å². The van der Waals surface area contributed by atoms with Crippen LogP contribution in [0.5, 0.6) is 0 Å². The lowest BCUT2D eigenvalue weighted by molar-refractivity contribution is 0.172. The largest absolute Gasteiger partial charge is 0.463 e. The smallest absolute Gasteiger partial charge is 0.118 e. The van der Waals surface area contributed by atoms with Crippen molar-refractivity contribution in [2.24, 2.45) is 0 Å². The Morgan fingerprint density at radius 1 is 1.21 bits per heavy atom. The number of nitrogens with one attached hydrogen (secondary N) is 1. The Morgan fingerprint density at radius 3 is 2.68 bits per heavy atom. The fourth-order valence-corrected chi connectivity index (χ4v) is 2.89. The van der Waals surface area contributed by atoms with E-state index in [2.05, 4.69) is 36.3 Å². The van der Waals surface area contributed by atoms with Gasteiger partial charge in [0, 0.05) is 6.04 Å². The van der Waals surface area contributed by atoms with Crippen LogP contribution < -0.4 is 5.32 Å². The van der Waals surface area contributed by atoms with Crippen LogP contribution in [0, 0.1) is 0 Å². The SMILES string of the molecule is CCCNCc1ccc(CN(C)C2CCCCC2)o1. The number of hydrogen-bond donors (Lipinski definition) is 1. The number of nitrogens with zero attached hydrogens (tertiary/aromatic N) is 1. The second-order valence-corrected chi connectivity index (χ2v) is 5.75. The number of furan rings is 1. The Bertz CT molecular complexity index is 355. The van der Waals surface area contributed by atoms with E-state index in [1.54, 1.807) is 0 Å². The molecular formula is C16H28N2O. The Kier molecular flexibility index (Phi) is 5.93. The average molecular weight is 264 g/mol. The van der Waals surface area contributed by atoms with Crippen LogP contribution in [0.15, 0.2) is 16.5 Å². The first kappa shape index (κ1) is 14.6. The highest BCUT2D eigenvalue weighted by atomic mass is 16.3. The zero-order valence-corrected chi connectivity index (χ0v) is 12.5. The van der Waals surface area contributed by atoms with Crippen molar-refractivity contribution in [3.05, 3.63) is 23.7 Å². The molecule has 1 aliphatic carbocycles. The first-order valence-electron chi connectivity index (χ1n) is 7.78. The highest BCUT2D eigenvalue weighted by Crippen LogP contribution is 2.23. The predicted molar refractivity (Wildman–Crippen MR) is 79.0 cm³/mol. The van der Waals surface area contributed by atoms with Gasteiger partial charge < -0.3 is 9.73 Å². The summed E-state index contributed by atoms with van der Waals surface area (Å²) in [5.74, 6) is 2.15. The molecule has 1 N–H and O–H groups in total. The van der Waals surface area contributed by atoms with Crippen molar-refractivity contribution < 1.29 is 4.42 Å². The summed E-state index contributed by atoms with van der Waals surface area (Å²) in [6.07, 6.45) is 8.05. The minimum absolute atomic E-state index is 0.750. The molecule has 2 rings (SSSR count). The lowest BCUT2D eigenvalue weighted by atomic mass is 9.94. The van der Waals surface area contributed by atoms with E-state index in [4.69, 9.17) is 4.42 Å². The molecule has 0 spiro atoms. The molecule has 3 heteroatoms. The van der Waals surface area contributed by atoms with Gasteiger partial charge in [-0.2, -0.15) is 0 Å². The second-order valence-electron chi connectivity index (χ2n) is 5.75. The fraction of sp³-hybridized carbons (Fsp3) is 0.750. The van der Waals surface area contributed by atoms with Crippen molar-refractivity contribution >= 4 is 0 Å². The van der Waals surface area contributed by atoms with Crippen molar-refractivity contribution in [2.45, 2.75) is 64.6 Å². The van der Waals surface area contributed by atoms with E-state index in [1.807, 2.05) is 0 Å². The van der Waals surface area contributed by atoms with E-state index < -0.39 is 0 Å². The monoisotopic (exact) mass is 264 g/mol. The van der Waals surface area contributed by atoms with Gasteiger partial charge in [0.2, 0.25) is 0 Å². The molecule has 1 heterocycles. The molecule has 108 valence electrons. The zero-order valence-electron chi connectivity index (χ0n) is 12.5. The molecule has 1 fully saturated rings. The second kappa shape index (κ2) is 7.71. The molecule has 1 aromatic rings. The third-order valence-corrected chi connectivity index (χ3v) is 4.05. The van der Waals surface area contributed by atoms with Gasteiger partial charge in [0.1, 0.15) is 11.5 Å². The summed E-state index contributed by atoms with van der Waals surface area (Å²) in [6.45, 7) is 5.02. The summed E-state index contributed by atoms with van der Waals surface area (Å²) >= 11 is 0. The normalized spacial score (nSPS) is 17.2. The maximum absolute atomic E-state index is 5.89. The van der Waals surface area contributed by atoms with Crippen molar-refractivity contribution in [3.63, 3.8) is 0 Å². The maximum atomic E-state index is 5.89. The number of hydrogen-bond acceptors (Lipinski definition) is 3. The summed E-state index contributed by atoms with van der Waals surface area (Å²) in [5, 5.41) is 3.37. The van der Waals surface area contributed by atoms with E-state index in [-0.39, 0.29) is 0 Å². The summed E-state index contributed by atoms with van der Waals surface area (Å²) in [5.41, 5.74) is 0. The van der Waals surface area contributed by atoms with Gasteiger partial charge in [-0.15, -0.1) is 0 Å². The quantitative estimate of drug-likeness (QED) is 0.764. The third kappa shape index (κ3) is 4.66. The van der Waals surface area contributed by atoms with E-state index in [1.165, 1.54) is 32.1 Å². The molecular weight excluding hydrogens is 236 g/mol. The predicted octanol–water partition coefficient (Wildman–Crippen LogP) is 3.54. The van der Waals surface area contributed by atoms with Crippen LogP contribution in [0.25, 0.3) is 0 Å². The van der Waals surface area contributed by atoms with Crippen molar-refractivity contribution in [1.82, 2.24) is 10.2 Å². The van der Waals surface area contributed by atoms with Crippen molar-refractivity contribution in [3.8, 4) is 0 Å². The molecule has 1 aliphatic rings. The molecule has 0 aliphatic heterocycles. The molecule has 0 saturated heterocycles. The standard InChI is InChI=1S/C16H28N2O/c1-3-11-17-12-15-9-10-16(19-15)13-18(2)14-7-5-4-6-8-14/h9-10,14,17H,3-8,11-13H2,1-2H3. The molecule has 0 aromatic carbocycles. The van der Waals surface area contributed by atoms with Gasteiger partial charge in [-0.05, 0) is 45.0 Å². The van der Waals surface area contributed by atoms with Crippen LogP contribution in [0.3, 0.4) is 0 Å². The Morgan fingerprint density at radius 2 is 1.95 bits per heavy atom. The van der Waals surface area contributed by atoms with Crippen LogP contribution >= 0.6 is 0 Å². The molecule has 3 nitrogen and oxygen atoms in total. The van der Waals surface area contributed by atoms with E-state index in [0.29, 0.717) is 0 Å². The van der Waals surface area contributed by atoms with Gasteiger partial charge in [-0.1, -0.05) is 26.2 Å². The van der Waals surface area contributed by atoms with Crippen LogP contribution in [0.1, 0.15) is 57.0 Å². The third-order valence-electron chi connectivity index (χ3n) is 4.05. The molecule has 0 bridgehead atoms. The van der Waals surface area contributed by atoms with Gasteiger partial charge in [0.05, 0.1) is 13.1 Å². The van der Waals surface area contributed by atoms with Crippen molar-refractivity contribution in [1.29, 1.82) is 0 Å². The number of rotatable bonds is 7. The van der Waals surface area contributed by atoms with Gasteiger partial charge in [-0.25, -0.2) is 0 Å². The maximum Gasteiger partial charge on any atom is 0.118 e. The topological polar surface area (TPSA) is 28.4 Å². The fourth-order valence-electron chi connectivity index (χ4n) is 2.89. The molecule has 19 heavy (non-hydrogen) atoms. The highest BCUT2D eigenvalue weighted by molar-refractivity contribution is 5.07. The lowest BCUT2D eigenvalue weighted by Crippen LogP contribution is -2.32. The van der Waals surface area contributed by atoms with Crippen molar-refractivity contribution in [2.75, 3.05) is 13.6 Å². The Hall–Kier alpha value is -0.800. The molecule has 0 amide bonds. The summed E-state index contributed by atoms with van der Waals surface area (Å²) in [4.78, 5) is 2.46. The average Bonchev–Trinajstić information content (AvgIpc) is 2.88. The first-order chi connectivity index (χ1) is 9.29.